The van der Waals surface area contributed by atoms with Gasteiger partial charge in [0.15, 0.2) is 0 Å². The number of allylic oxidation sites excluding steroid dienone is 2. The van der Waals surface area contributed by atoms with Crippen molar-refractivity contribution in [3.8, 4) is 0 Å². The molecule has 3 radical (unpaired) electrons. The van der Waals surface area contributed by atoms with Crippen molar-refractivity contribution in [3.63, 3.8) is 0 Å². The Balaban J connectivity index is 5.91. The van der Waals surface area contributed by atoms with Crippen LogP contribution in [0, 0.1) is 5.92 Å². The maximum absolute atomic E-state index is 5.65. The van der Waals surface area contributed by atoms with Gasteiger partial charge in [-0.2, -0.15) is 0 Å². The van der Waals surface area contributed by atoms with Crippen LogP contribution in [0.25, 0.3) is 0 Å². The predicted octanol–water partition coefficient (Wildman–Crippen LogP) is 5.06. The molecule has 0 aromatic rings. The van der Waals surface area contributed by atoms with Crippen molar-refractivity contribution in [1.29, 1.82) is 0 Å². The van der Waals surface area contributed by atoms with Gasteiger partial charge < -0.3 is 0 Å². The van der Waals surface area contributed by atoms with Gasteiger partial charge in [0.1, 0.15) is 0 Å². The maximum atomic E-state index is 5.65. The summed E-state index contributed by atoms with van der Waals surface area (Å²) in [4.78, 5) is 15.3. The van der Waals surface area contributed by atoms with E-state index in [1.165, 1.54) is 10.2 Å². The summed E-state index contributed by atoms with van der Waals surface area (Å²) < 4.78 is 7.39. The van der Waals surface area contributed by atoms with Crippen LogP contribution in [0.2, 0.25) is 37.5 Å². The zero-order valence-electron chi connectivity index (χ0n) is 13.8. The third kappa shape index (κ3) is 4.43. The molecular formula is C14H31OSiSn2. The van der Waals surface area contributed by atoms with E-state index >= 15 is 0 Å². The van der Waals surface area contributed by atoms with Crippen molar-refractivity contribution in [3.05, 3.63) is 11.8 Å². The molecule has 1 unspecified atom stereocenters. The molecule has 0 aromatic carbocycles. The van der Waals surface area contributed by atoms with Crippen molar-refractivity contribution >= 4 is 47.2 Å². The van der Waals surface area contributed by atoms with Crippen LogP contribution in [0.5, 0.6) is 0 Å². The molecule has 0 aromatic heterocycles. The average molecular weight is 481 g/mol. The molecule has 0 rings (SSSR count). The van der Waals surface area contributed by atoms with Gasteiger partial charge in [-0.3, -0.25) is 0 Å². The third-order valence-corrected chi connectivity index (χ3v) is 22.2. The van der Waals surface area contributed by atoms with E-state index < -0.39 is 36.8 Å². The molecule has 0 saturated heterocycles. The van der Waals surface area contributed by atoms with Crippen molar-refractivity contribution in [1.82, 2.24) is 0 Å². The van der Waals surface area contributed by atoms with Gasteiger partial charge in [-0.05, 0) is 0 Å². The first-order valence-corrected chi connectivity index (χ1v) is 27.9. The first-order valence-electron chi connectivity index (χ1n) is 6.92. The minimum atomic E-state index is -2.20. The fourth-order valence-electron chi connectivity index (χ4n) is 3.32. The van der Waals surface area contributed by atoms with Crippen LogP contribution in [-0.4, -0.2) is 47.2 Å². The molecule has 0 spiro atoms. The summed E-state index contributed by atoms with van der Waals surface area (Å²) in [6, 6.07) is 0. The molecule has 1 nitrogen and oxygen atoms in total. The molecule has 0 N–H and O–H groups in total. The molecule has 0 aliphatic rings. The molecule has 18 heavy (non-hydrogen) atoms. The van der Waals surface area contributed by atoms with Crippen molar-refractivity contribution in [2.75, 3.05) is 0 Å². The van der Waals surface area contributed by atoms with E-state index in [1.54, 1.807) is 0 Å². The first-order chi connectivity index (χ1) is 7.92. The Morgan fingerprint density at radius 2 is 1.61 bits per heavy atom. The van der Waals surface area contributed by atoms with E-state index in [1.807, 2.05) is 0 Å². The molecule has 0 aliphatic carbocycles. The summed E-state index contributed by atoms with van der Waals surface area (Å²) in [6.07, 6.45) is 2.19. The van der Waals surface area contributed by atoms with E-state index in [9.17, 15) is 0 Å². The molecule has 105 valence electrons. The average Bonchev–Trinajstić information content (AvgIpc) is 2.13. The Kier molecular flexibility index (Phi) is 7.39. The van der Waals surface area contributed by atoms with E-state index in [2.05, 4.69) is 67.0 Å². The minimum absolute atomic E-state index is 0.333. The fourth-order valence-corrected chi connectivity index (χ4v) is 39.8. The van der Waals surface area contributed by atoms with E-state index in [0.29, 0.717) is 9.35 Å². The van der Waals surface area contributed by atoms with E-state index in [-0.39, 0.29) is 0 Å². The van der Waals surface area contributed by atoms with Gasteiger partial charge in [0, 0.05) is 0 Å². The van der Waals surface area contributed by atoms with E-state index in [0.717, 1.165) is 0 Å². The van der Waals surface area contributed by atoms with Gasteiger partial charge in [0.05, 0.1) is 0 Å². The number of hydrogen-bond acceptors (Lipinski definition) is 1. The molecular weight excluding hydrogens is 450 g/mol. The Morgan fingerprint density at radius 3 is 1.78 bits per heavy atom. The normalized spacial score (nSPS) is 17.8. The second kappa shape index (κ2) is 6.88. The molecule has 0 aliphatic heterocycles. The quantitative estimate of drug-likeness (QED) is 0.381. The van der Waals surface area contributed by atoms with Crippen LogP contribution in [-0.2, 0) is 4.43 Å². The zero-order chi connectivity index (χ0) is 14.8. The number of rotatable bonds is 6. The number of hydrogen-bond donors (Lipinski definition) is 0. The summed E-state index contributed by atoms with van der Waals surface area (Å²) in [5.41, 5.74) is 0. The molecule has 0 saturated carbocycles. The molecule has 0 heterocycles. The molecule has 1 atom stereocenters. The van der Waals surface area contributed by atoms with Crippen LogP contribution < -0.4 is 0 Å². The van der Waals surface area contributed by atoms with Gasteiger partial charge in [-0.15, -0.1) is 0 Å². The summed E-state index contributed by atoms with van der Waals surface area (Å²) in [6.45, 7) is 6.88. The van der Waals surface area contributed by atoms with Gasteiger partial charge in [0.2, 0.25) is 0 Å². The van der Waals surface area contributed by atoms with Crippen molar-refractivity contribution < 1.29 is 4.43 Å². The van der Waals surface area contributed by atoms with Gasteiger partial charge in [-0.1, -0.05) is 0 Å². The van der Waals surface area contributed by atoms with Gasteiger partial charge in [-0.25, -0.2) is 0 Å². The van der Waals surface area contributed by atoms with Crippen molar-refractivity contribution in [2.24, 2.45) is 5.92 Å². The summed E-state index contributed by atoms with van der Waals surface area (Å²) in [5.74, 6) is 1.86. The standard InChI is InChI=1S/C8H13OSi.6CH3.2Sn/c1-5-8(9-10)7(4)6(2)3;;;;;;;;/h5-6H,4H2,1-3H3;6*1H3;;/b8-5-;;;;;;;;. The Bertz CT molecular complexity index is 300. The summed E-state index contributed by atoms with van der Waals surface area (Å²) >= 11 is -4.10. The second-order valence-electron chi connectivity index (χ2n) is 7.87. The Morgan fingerprint density at radius 1 is 1.17 bits per heavy atom. The second-order valence-corrected chi connectivity index (χ2v) is 39.1. The molecule has 0 amide bonds. The van der Waals surface area contributed by atoms with Gasteiger partial charge in [0.25, 0.3) is 0 Å². The predicted molar refractivity (Wildman–Crippen MR) is 89.6 cm³/mol. The van der Waals surface area contributed by atoms with Crippen molar-refractivity contribution in [2.45, 2.75) is 58.3 Å². The fraction of sp³-hybridized carbons (Fsp3) is 0.857. The third-order valence-electron chi connectivity index (χ3n) is 3.94. The Labute approximate surface area is 126 Å². The zero-order valence-corrected chi connectivity index (χ0v) is 20.5. The molecule has 0 fully saturated rings. The van der Waals surface area contributed by atoms with E-state index in [4.69, 9.17) is 4.43 Å². The van der Waals surface area contributed by atoms with Gasteiger partial charge >= 0.3 is 128 Å². The summed E-state index contributed by atoms with van der Waals surface area (Å²) in [7, 11) is 3.32. The summed E-state index contributed by atoms with van der Waals surface area (Å²) in [5, 5.41) is 0. The molecule has 4 heteroatoms. The monoisotopic (exact) mass is 483 g/mol. The van der Waals surface area contributed by atoms with Crippen LogP contribution in [0.1, 0.15) is 20.8 Å². The van der Waals surface area contributed by atoms with Crippen LogP contribution >= 0.6 is 0 Å². The Hall–Kier alpha value is 1.35. The van der Waals surface area contributed by atoms with Crippen LogP contribution in [0.15, 0.2) is 11.8 Å². The van der Waals surface area contributed by atoms with Crippen LogP contribution in [0.3, 0.4) is 0 Å². The molecule has 0 bridgehead atoms. The van der Waals surface area contributed by atoms with Crippen LogP contribution in [0.4, 0.5) is 0 Å². The topological polar surface area (TPSA) is 9.23 Å². The SMILES string of the molecule is C/C=C(\O[Si])[C]([CH2][Sn]([CH3])([CH3])[CH3])(C(C)C)[Sn]([CH3])([CH3])[CH3]. The first kappa shape index (κ1) is 19.4.